The number of nitrogens with zero attached hydrogens (tertiary/aromatic N) is 4. The normalized spacial score (nSPS) is 49.5. The predicted molar refractivity (Wildman–Crippen MR) is 149 cm³/mol. The highest BCUT2D eigenvalue weighted by atomic mass is 79.9. The Hall–Kier alpha value is 0.720. The average molecular weight is 679 g/mol. The quantitative estimate of drug-likeness (QED) is 0.298. The van der Waals surface area contributed by atoms with Crippen molar-refractivity contribution in [1.29, 1.82) is 0 Å². The second-order valence-electron chi connectivity index (χ2n) is 16.4. The first-order chi connectivity index (χ1) is 17.3. The molecular formula is C31H58Br2N4O2. The molecule has 2 saturated heterocycles. The first kappa shape index (κ1) is 32.6. The molecule has 0 bridgehead atoms. The number of fused-ring (bicyclic) bond motifs is 5. The van der Waals surface area contributed by atoms with Crippen molar-refractivity contribution in [3.05, 3.63) is 0 Å². The SMILES string of the molecule is C[C@]12C[C@H](N3CC[N+](C)(C)CC3)[C@@H](O)C[C@@H]1CC[C@@H]1[C@@H]2CC[C@]2(C)[C@@H](O)[C@@H](N3CC[N+](C)(C)CC3)C[C@@H]12.[Br-].[Br-]. The van der Waals surface area contributed by atoms with Crippen molar-refractivity contribution in [2.24, 2.45) is 34.5 Å². The molecule has 8 heteroatoms. The Morgan fingerprint density at radius 1 is 0.667 bits per heavy atom. The van der Waals surface area contributed by atoms with Gasteiger partial charge in [0, 0.05) is 38.3 Å². The lowest BCUT2D eigenvalue weighted by Crippen LogP contribution is -3.00. The Bertz CT molecular complexity index is 856. The molecule has 0 aromatic heterocycles. The molecule has 0 unspecified atom stereocenters. The van der Waals surface area contributed by atoms with E-state index in [4.69, 9.17) is 0 Å². The van der Waals surface area contributed by atoms with Crippen LogP contribution in [0.15, 0.2) is 0 Å². The van der Waals surface area contributed by atoms with Crippen LogP contribution in [0.4, 0.5) is 0 Å². The van der Waals surface area contributed by atoms with Crippen LogP contribution in [0, 0.1) is 34.5 Å². The molecule has 0 aromatic carbocycles. The van der Waals surface area contributed by atoms with Gasteiger partial charge in [-0.2, -0.15) is 0 Å². The first-order valence-electron chi connectivity index (χ1n) is 15.8. The standard InChI is InChI=1S/C31H58N4O2.2BrH/c1-30-10-9-24-23(25(30)20-26(29(30)37)32-11-15-34(3,4)16-12-32)8-7-22-19-28(36)27(21-31(22,24)2)33-13-17-35(5,6)18-14-33;;/h22-29,36-37H,7-21H2,1-6H3;2*1H/q+2;;/p-2/t22-,23+,24-,25-,26-,27-,28-,29-,30-,31-;;/m0../s1. The van der Waals surface area contributed by atoms with Crippen LogP contribution >= 0.6 is 0 Å². The molecule has 0 radical (unpaired) electrons. The summed E-state index contributed by atoms with van der Waals surface area (Å²) in [5.41, 5.74) is 0.423. The summed E-state index contributed by atoms with van der Waals surface area (Å²) in [6.07, 6.45) is 8.15. The number of quaternary nitrogens is 2. The third kappa shape index (κ3) is 5.58. The molecule has 2 aliphatic heterocycles. The van der Waals surface area contributed by atoms with Gasteiger partial charge < -0.3 is 53.1 Å². The Labute approximate surface area is 260 Å². The maximum Gasteiger partial charge on any atom is 0.0912 e. The van der Waals surface area contributed by atoms with E-state index in [1.54, 1.807) is 0 Å². The van der Waals surface area contributed by atoms with Gasteiger partial charge in [0.2, 0.25) is 0 Å². The van der Waals surface area contributed by atoms with Crippen molar-refractivity contribution >= 4 is 0 Å². The highest BCUT2D eigenvalue weighted by Crippen LogP contribution is 2.66. The van der Waals surface area contributed by atoms with E-state index in [-0.39, 0.29) is 51.6 Å². The minimum absolute atomic E-state index is 0. The molecule has 6 rings (SSSR count). The lowest BCUT2D eigenvalue weighted by atomic mass is 9.44. The van der Waals surface area contributed by atoms with Gasteiger partial charge in [-0.25, -0.2) is 0 Å². The second-order valence-corrected chi connectivity index (χ2v) is 16.4. The number of aliphatic hydroxyl groups is 2. The number of hydrogen-bond acceptors (Lipinski definition) is 4. The molecule has 2 heterocycles. The summed E-state index contributed by atoms with van der Waals surface area (Å²) in [7, 11) is 9.41. The number of likely N-dealkylation sites (N-methyl/N-ethyl adjacent to an activating group) is 2. The van der Waals surface area contributed by atoms with E-state index in [1.165, 1.54) is 64.7 Å². The number of aliphatic hydroxyl groups excluding tert-OH is 2. The molecule has 6 nitrogen and oxygen atoms in total. The summed E-state index contributed by atoms with van der Waals surface area (Å²) < 4.78 is 2.23. The fraction of sp³-hybridized carbons (Fsp3) is 1.00. The molecule has 0 amide bonds. The zero-order valence-electron chi connectivity index (χ0n) is 25.7. The van der Waals surface area contributed by atoms with E-state index < -0.39 is 0 Å². The fourth-order valence-electron chi connectivity index (χ4n) is 10.7. The molecule has 10 atom stereocenters. The number of rotatable bonds is 2. The van der Waals surface area contributed by atoms with E-state index in [0.717, 1.165) is 53.4 Å². The Morgan fingerprint density at radius 2 is 1.21 bits per heavy atom. The van der Waals surface area contributed by atoms with E-state index >= 15 is 0 Å². The second kappa shape index (κ2) is 11.3. The molecule has 4 aliphatic carbocycles. The molecule has 39 heavy (non-hydrogen) atoms. The van der Waals surface area contributed by atoms with Crippen molar-refractivity contribution < 1.29 is 53.1 Å². The molecule has 6 fully saturated rings. The lowest BCUT2D eigenvalue weighted by Gasteiger charge is -2.62. The van der Waals surface area contributed by atoms with Gasteiger partial charge in [0.25, 0.3) is 0 Å². The summed E-state index contributed by atoms with van der Waals surface area (Å²) in [6.45, 7) is 14.4. The molecular weight excluding hydrogens is 620 g/mol. The fourth-order valence-corrected chi connectivity index (χ4v) is 10.7. The van der Waals surface area contributed by atoms with Gasteiger partial charge in [0.1, 0.15) is 0 Å². The Morgan fingerprint density at radius 3 is 1.77 bits per heavy atom. The van der Waals surface area contributed by atoms with Crippen LogP contribution in [0.25, 0.3) is 0 Å². The number of piperazine rings is 2. The topological polar surface area (TPSA) is 46.9 Å². The molecule has 228 valence electrons. The van der Waals surface area contributed by atoms with Crippen LogP contribution in [0.5, 0.6) is 0 Å². The minimum atomic E-state index is -0.173. The molecule has 4 saturated carbocycles. The van der Waals surface area contributed by atoms with Crippen LogP contribution in [0.1, 0.15) is 58.8 Å². The minimum Gasteiger partial charge on any atom is -1.00 e. The van der Waals surface area contributed by atoms with Crippen molar-refractivity contribution in [3.63, 3.8) is 0 Å². The summed E-state index contributed by atoms with van der Waals surface area (Å²) in [6, 6.07) is 0.695. The van der Waals surface area contributed by atoms with E-state index in [1.807, 2.05) is 0 Å². The van der Waals surface area contributed by atoms with Crippen molar-refractivity contribution in [1.82, 2.24) is 9.80 Å². The monoisotopic (exact) mass is 676 g/mol. The van der Waals surface area contributed by atoms with Gasteiger partial charge in [-0.3, -0.25) is 9.80 Å². The smallest absolute Gasteiger partial charge is 0.0912 e. The molecule has 0 spiro atoms. The summed E-state index contributed by atoms with van der Waals surface area (Å²) >= 11 is 0. The van der Waals surface area contributed by atoms with E-state index in [9.17, 15) is 10.2 Å². The zero-order chi connectivity index (χ0) is 26.4. The van der Waals surface area contributed by atoms with Crippen molar-refractivity contribution in [2.45, 2.75) is 83.1 Å². The zero-order valence-corrected chi connectivity index (χ0v) is 28.8. The summed E-state index contributed by atoms with van der Waals surface area (Å²) in [5.74, 6) is 2.85. The maximum atomic E-state index is 11.8. The van der Waals surface area contributed by atoms with E-state index in [0.29, 0.717) is 29.3 Å². The maximum absolute atomic E-state index is 11.8. The van der Waals surface area contributed by atoms with Crippen LogP contribution in [0.3, 0.4) is 0 Å². The summed E-state index contributed by atoms with van der Waals surface area (Å²) in [5, 5.41) is 23.2. The molecule has 0 aromatic rings. The molecule has 6 aliphatic rings. The Balaban J connectivity index is 0.00000176. The number of hydrogen-bond donors (Lipinski definition) is 2. The van der Waals surface area contributed by atoms with Crippen LogP contribution in [-0.2, 0) is 0 Å². The van der Waals surface area contributed by atoms with Crippen LogP contribution < -0.4 is 34.0 Å². The van der Waals surface area contributed by atoms with Gasteiger partial charge in [-0.05, 0) is 79.4 Å². The van der Waals surface area contributed by atoms with E-state index in [2.05, 4.69) is 51.8 Å². The van der Waals surface area contributed by atoms with Crippen molar-refractivity contribution in [2.75, 3.05) is 80.5 Å². The largest absolute Gasteiger partial charge is 1.00 e. The van der Waals surface area contributed by atoms with Gasteiger partial charge in [-0.1, -0.05) is 13.8 Å². The predicted octanol–water partition coefficient (Wildman–Crippen LogP) is -3.50. The molecule has 2 N–H and O–H groups in total. The van der Waals surface area contributed by atoms with Gasteiger partial charge >= 0.3 is 0 Å². The van der Waals surface area contributed by atoms with Crippen LogP contribution in [0.2, 0.25) is 0 Å². The van der Waals surface area contributed by atoms with Gasteiger partial charge in [0.15, 0.2) is 0 Å². The highest BCUT2D eigenvalue weighted by Gasteiger charge is 2.64. The van der Waals surface area contributed by atoms with Gasteiger partial charge in [-0.15, -0.1) is 0 Å². The van der Waals surface area contributed by atoms with Gasteiger partial charge in [0.05, 0.1) is 66.6 Å². The van der Waals surface area contributed by atoms with Crippen molar-refractivity contribution in [3.8, 4) is 0 Å². The average Bonchev–Trinajstić information content (AvgIpc) is 3.10. The summed E-state index contributed by atoms with van der Waals surface area (Å²) in [4.78, 5) is 5.33. The third-order valence-corrected chi connectivity index (χ3v) is 13.6. The highest BCUT2D eigenvalue weighted by molar-refractivity contribution is 5.14. The lowest BCUT2D eigenvalue weighted by molar-refractivity contribution is -0.894. The Kier molecular flexibility index (Phi) is 9.48. The number of halogens is 2. The van der Waals surface area contributed by atoms with Crippen LogP contribution in [-0.4, -0.2) is 134 Å². The first-order valence-corrected chi connectivity index (χ1v) is 15.8. The third-order valence-electron chi connectivity index (χ3n) is 13.6.